The number of hydrogen-bond acceptors (Lipinski definition) is 4. The van der Waals surface area contributed by atoms with E-state index in [1.165, 1.54) is 0 Å². The summed E-state index contributed by atoms with van der Waals surface area (Å²) in [5.41, 5.74) is -0.566. The van der Waals surface area contributed by atoms with E-state index in [-0.39, 0.29) is 6.61 Å². The predicted octanol–water partition coefficient (Wildman–Crippen LogP) is 1.42. The first-order valence-electron chi connectivity index (χ1n) is 6.08. The van der Waals surface area contributed by atoms with Crippen LogP contribution in [0.5, 0.6) is 0 Å². The van der Waals surface area contributed by atoms with Crippen LogP contribution in [0, 0.1) is 0 Å². The van der Waals surface area contributed by atoms with Gasteiger partial charge in [0.1, 0.15) is 5.60 Å². The third kappa shape index (κ3) is 7.99. The molecular weight excluding hydrogens is 222 g/mol. The normalized spacial score (nSPS) is 15.2. The van der Waals surface area contributed by atoms with Crippen LogP contribution in [-0.4, -0.2) is 40.7 Å². The Kier molecular flexibility index (Phi) is 7.15. The van der Waals surface area contributed by atoms with Crippen molar-refractivity contribution in [2.24, 2.45) is 0 Å². The van der Waals surface area contributed by atoms with Gasteiger partial charge in [0.2, 0.25) is 0 Å². The summed E-state index contributed by atoms with van der Waals surface area (Å²) in [5.74, 6) is 0. The lowest BCUT2D eigenvalue weighted by Gasteiger charge is -2.25. The summed E-state index contributed by atoms with van der Waals surface area (Å²) in [7, 11) is 0. The molecule has 102 valence electrons. The van der Waals surface area contributed by atoms with Gasteiger partial charge in [-0.25, -0.2) is 4.79 Å². The highest BCUT2D eigenvalue weighted by Gasteiger charge is 2.23. The minimum atomic E-state index is -0.950. The van der Waals surface area contributed by atoms with Crippen molar-refractivity contribution in [3.63, 3.8) is 0 Å². The van der Waals surface area contributed by atoms with Gasteiger partial charge in [0.25, 0.3) is 0 Å². The van der Waals surface area contributed by atoms with Gasteiger partial charge in [-0.05, 0) is 27.2 Å². The summed E-state index contributed by atoms with van der Waals surface area (Å²) >= 11 is 0. The molecule has 1 amide bonds. The van der Waals surface area contributed by atoms with Gasteiger partial charge in [0, 0.05) is 0 Å². The number of rotatable bonds is 6. The third-order valence-corrected chi connectivity index (χ3v) is 2.22. The minimum absolute atomic E-state index is 0.371. The molecule has 0 aliphatic heterocycles. The fourth-order valence-corrected chi connectivity index (χ4v) is 1.37. The lowest BCUT2D eigenvalue weighted by Crippen LogP contribution is -2.46. The van der Waals surface area contributed by atoms with Crippen LogP contribution in [0.3, 0.4) is 0 Å². The second-order valence-corrected chi connectivity index (χ2v) is 5.14. The van der Waals surface area contributed by atoms with Crippen molar-refractivity contribution in [3.8, 4) is 0 Å². The predicted molar refractivity (Wildman–Crippen MR) is 65.8 cm³/mol. The van der Waals surface area contributed by atoms with E-state index in [2.05, 4.69) is 5.32 Å². The van der Waals surface area contributed by atoms with Gasteiger partial charge in [-0.2, -0.15) is 0 Å². The first kappa shape index (κ1) is 16.2. The van der Waals surface area contributed by atoms with E-state index in [1.807, 2.05) is 6.92 Å². The van der Waals surface area contributed by atoms with E-state index in [0.29, 0.717) is 6.42 Å². The second-order valence-electron chi connectivity index (χ2n) is 5.14. The molecule has 17 heavy (non-hydrogen) atoms. The Bertz CT molecular complexity index is 225. The first-order chi connectivity index (χ1) is 7.80. The fraction of sp³-hybridized carbons (Fsp3) is 0.917. The van der Waals surface area contributed by atoms with Gasteiger partial charge in [0.15, 0.2) is 0 Å². The molecule has 0 saturated carbocycles. The minimum Gasteiger partial charge on any atom is -0.444 e. The van der Waals surface area contributed by atoms with Crippen molar-refractivity contribution in [2.45, 2.75) is 64.7 Å². The number of nitrogens with one attached hydrogen (secondary N) is 1. The van der Waals surface area contributed by atoms with Crippen LogP contribution in [0.15, 0.2) is 0 Å². The summed E-state index contributed by atoms with van der Waals surface area (Å²) in [6.45, 7) is 6.97. The lowest BCUT2D eigenvalue weighted by molar-refractivity contribution is 0.0302. The maximum absolute atomic E-state index is 11.5. The zero-order valence-electron chi connectivity index (χ0n) is 11.2. The van der Waals surface area contributed by atoms with Crippen LogP contribution >= 0.6 is 0 Å². The van der Waals surface area contributed by atoms with Crippen molar-refractivity contribution < 1.29 is 19.7 Å². The quantitative estimate of drug-likeness (QED) is 0.663. The van der Waals surface area contributed by atoms with E-state index in [1.54, 1.807) is 20.8 Å². The summed E-state index contributed by atoms with van der Waals surface area (Å²) in [6.07, 6.45) is 0.944. The van der Waals surface area contributed by atoms with Crippen LogP contribution < -0.4 is 5.32 Å². The summed E-state index contributed by atoms with van der Waals surface area (Å²) < 4.78 is 5.10. The molecular formula is C12H25NO4. The largest absolute Gasteiger partial charge is 0.444 e. The second kappa shape index (κ2) is 7.50. The maximum Gasteiger partial charge on any atom is 0.407 e. The molecule has 0 spiro atoms. The number of aliphatic hydroxyl groups is 2. The lowest BCUT2D eigenvalue weighted by atomic mass is 10.1. The zero-order chi connectivity index (χ0) is 13.5. The fourth-order valence-electron chi connectivity index (χ4n) is 1.37. The van der Waals surface area contributed by atoms with Gasteiger partial charge in [0.05, 0.1) is 18.8 Å². The van der Waals surface area contributed by atoms with E-state index in [4.69, 9.17) is 9.84 Å². The van der Waals surface area contributed by atoms with Crippen LogP contribution in [0.2, 0.25) is 0 Å². The number of carbonyl (C=O) groups excluding carboxylic acids is 1. The summed E-state index contributed by atoms with van der Waals surface area (Å²) in [4.78, 5) is 11.5. The number of alkyl carbamates (subject to hydrolysis) is 1. The Balaban J connectivity index is 4.27. The molecule has 0 aliphatic carbocycles. The molecule has 3 N–H and O–H groups in total. The zero-order valence-corrected chi connectivity index (χ0v) is 11.2. The molecule has 0 aliphatic rings. The van der Waals surface area contributed by atoms with Crippen molar-refractivity contribution in [3.05, 3.63) is 0 Å². The Hall–Kier alpha value is -0.810. The van der Waals surface area contributed by atoms with Gasteiger partial charge >= 0.3 is 6.09 Å². The highest BCUT2D eigenvalue weighted by atomic mass is 16.6. The van der Waals surface area contributed by atoms with Crippen LogP contribution in [0.25, 0.3) is 0 Å². The van der Waals surface area contributed by atoms with E-state index in [0.717, 1.165) is 12.8 Å². The molecule has 0 fully saturated rings. The molecule has 0 radical (unpaired) electrons. The average Bonchev–Trinajstić information content (AvgIpc) is 2.20. The van der Waals surface area contributed by atoms with E-state index >= 15 is 0 Å². The first-order valence-corrected chi connectivity index (χ1v) is 6.08. The highest BCUT2D eigenvalue weighted by Crippen LogP contribution is 2.09. The van der Waals surface area contributed by atoms with Crippen molar-refractivity contribution in [1.82, 2.24) is 5.32 Å². The molecule has 0 aromatic carbocycles. The highest BCUT2D eigenvalue weighted by molar-refractivity contribution is 5.68. The van der Waals surface area contributed by atoms with E-state index < -0.39 is 23.8 Å². The molecule has 0 bridgehead atoms. The number of hydrogen-bond donors (Lipinski definition) is 3. The van der Waals surface area contributed by atoms with Crippen molar-refractivity contribution in [1.29, 1.82) is 0 Å². The number of carbonyl (C=O) groups is 1. The Labute approximate surface area is 103 Å². The average molecular weight is 247 g/mol. The van der Waals surface area contributed by atoms with Crippen LogP contribution in [0.1, 0.15) is 47.0 Å². The molecule has 0 rings (SSSR count). The molecule has 0 aromatic heterocycles. The molecule has 0 aromatic rings. The summed E-state index contributed by atoms with van der Waals surface area (Å²) in [5, 5.41) is 21.1. The Morgan fingerprint density at radius 1 is 1.41 bits per heavy atom. The molecule has 2 atom stereocenters. The maximum atomic E-state index is 11.5. The Morgan fingerprint density at radius 2 is 2.00 bits per heavy atom. The van der Waals surface area contributed by atoms with Gasteiger partial charge in [-0.15, -0.1) is 0 Å². The van der Waals surface area contributed by atoms with Gasteiger partial charge < -0.3 is 20.3 Å². The smallest absolute Gasteiger partial charge is 0.407 e. The van der Waals surface area contributed by atoms with Crippen molar-refractivity contribution in [2.75, 3.05) is 6.61 Å². The standard InChI is InChI=1S/C12H25NO4/c1-5-6-7-9(10(15)8-14)13-11(16)17-12(2,3)4/h9-10,14-15H,5-8H2,1-4H3,(H,13,16)/t9-,10?/m1/s1. The molecule has 0 heterocycles. The van der Waals surface area contributed by atoms with Gasteiger partial charge in [-0.3, -0.25) is 0 Å². The molecule has 5 nitrogen and oxygen atoms in total. The third-order valence-electron chi connectivity index (χ3n) is 2.22. The van der Waals surface area contributed by atoms with Gasteiger partial charge in [-0.1, -0.05) is 19.8 Å². The van der Waals surface area contributed by atoms with Crippen LogP contribution in [0.4, 0.5) is 4.79 Å². The molecule has 5 heteroatoms. The topological polar surface area (TPSA) is 78.8 Å². The summed E-state index contributed by atoms with van der Waals surface area (Å²) in [6, 6.07) is -0.463. The molecule has 0 saturated heterocycles. The number of aliphatic hydroxyl groups excluding tert-OH is 2. The molecule has 1 unspecified atom stereocenters. The number of amides is 1. The Morgan fingerprint density at radius 3 is 2.41 bits per heavy atom. The monoisotopic (exact) mass is 247 g/mol. The van der Waals surface area contributed by atoms with Crippen LogP contribution in [-0.2, 0) is 4.74 Å². The SMILES string of the molecule is CCCC[C@@H](NC(=O)OC(C)(C)C)C(O)CO. The number of ether oxygens (including phenoxy) is 1. The van der Waals surface area contributed by atoms with Crippen molar-refractivity contribution >= 4 is 6.09 Å². The number of unbranched alkanes of at least 4 members (excludes halogenated alkanes) is 1. The van der Waals surface area contributed by atoms with E-state index in [9.17, 15) is 9.90 Å².